The lowest BCUT2D eigenvalue weighted by Crippen LogP contribution is -2.45. The Morgan fingerprint density at radius 1 is 1.14 bits per heavy atom. The molecule has 1 aliphatic heterocycles. The van der Waals surface area contributed by atoms with Crippen molar-refractivity contribution >= 4 is 15.9 Å². The molecule has 1 aromatic carbocycles. The largest absolute Gasteiger partial charge is 0.308 e. The Morgan fingerprint density at radius 2 is 1.76 bits per heavy atom. The molecule has 1 heterocycles. The summed E-state index contributed by atoms with van der Waals surface area (Å²) in [5, 5.41) is 3.81. The van der Waals surface area contributed by atoms with E-state index >= 15 is 0 Å². The molecule has 0 radical (unpaired) electrons. The number of hydrogen-bond acceptors (Lipinski definition) is 2. The van der Waals surface area contributed by atoms with Crippen molar-refractivity contribution in [3.05, 3.63) is 34.3 Å². The molecule has 1 fully saturated rings. The van der Waals surface area contributed by atoms with Gasteiger partial charge in [-0.15, -0.1) is 0 Å². The average Bonchev–Trinajstić information content (AvgIpc) is 2.98. The maximum absolute atomic E-state index is 3.81. The van der Waals surface area contributed by atoms with Gasteiger partial charge in [-0.25, -0.2) is 0 Å². The molecule has 118 valence electrons. The smallest absolute Gasteiger partial charge is 0.0318 e. The quantitative estimate of drug-likeness (QED) is 0.770. The number of nitrogens with one attached hydrogen (secondary N) is 1. The first-order valence-corrected chi connectivity index (χ1v) is 9.14. The molecule has 0 bridgehead atoms. The first-order chi connectivity index (χ1) is 10.1. The molecule has 0 amide bonds. The number of nitrogens with zero attached hydrogens (tertiary/aromatic N) is 1. The third-order valence-corrected chi connectivity index (χ3v) is 5.16. The summed E-state index contributed by atoms with van der Waals surface area (Å²) in [6.07, 6.45) is 3.87. The predicted molar refractivity (Wildman–Crippen MR) is 94.6 cm³/mol. The molecule has 21 heavy (non-hydrogen) atoms. The van der Waals surface area contributed by atoms with E-state index in [9.17, 15) is 0 Å². The first-order valence-electron chi connectivity index (χ1n) is 8.34. The van der Waals surface area contributed by atoms with Crippen LogP contribution in [0.25, 0.3) is 0 Å². The van der Waals surface area contributed by atoms with Crippen LogP contribution < -0.4 is 5.32 Å². The predicted octanol–water partition coefficient (Wildman–Crippen LogP) is 4.61. The fourth-order valence-corrected chi connectivity index (χ4v) is 3.58. The van der Waals surface area contributed by atoms with Crippen molar-refractivity contribution in [2.75, 3.05) is 19.6 Å². The van der Waals surface area contributed by atoms with Gasteiger partial charge >= 0.3 is 0 Å². The van der Waals surface area contributed by atoms with Gasteiger partial charge in [0.05, 0.1) is 0 Å². The molecule has 2 unspecified atom stereocenters. The average molecular weight is 353 g/mol. The number of hydrogen-bond donors (Lipinski definition) is 1. The van der Waals surface area contributed by atoms with Gasteiger partial charge in [0.2, 0.25) is 0 Å². The molecule has 2 atom stereocenters. The fourth-order valence-electron chi connectivity index (χ4n) is 3.32. The zero-order valence-electron chi connectivity index (χ0n) is 13.6. The van der Waals surface area contributed by atoms with Gasteiger partial charge in [-0.1, -0.05) is 48.8 Å². The molecular formula is C18H29BrN2. The topological polar surface area (TPSA) is 15.3 Å². The number of benzene rings is 1. The molecule has 1 aromatic rings. The van der Waals surface area contributed by atoms with Crippen LogP contribution in [-0.4, -0.2) is 30.6 Å². The zero-order valence-corrected chi connectivity index (χ0v) is 15.2. The minimum absolute atomic E-state index is 0.460. The Kier molecular flexibility index (Phi) is 6.72. The molecule has 3 heteroatoms. The van der Waals surface area contributed by atoms with Crippen LogP contribution in [0, 0.1) is 5.92 Å². The monoisotopic (exact) mass is 352 g/mol. The highest BCUT2D eigenvalue weighted by molar-refractivity contribution is 9.10. The number of rotatable bonds is 7. The van der Waals surface area contributed by atoms with Crippen LogP contribution in [-0.2, 0) is 0 Å². The molecule has 0 saturated carbocycles. The molecule has 2 rings (SSSR count). The number of likely N-dealkylation sites (tertiary alicyclic amines) is 1. The Morgan fingerprint density at radius 3 is 2.29 bits per heavy atom. The van der Waals surface area contributed by atoms with Gasteiger partial charge in [0, 0.05) is 23.1 Å². The third-order valence-electron chi connectivity index (χ3n) is 4.63. The van der Waals surface area contributed by atoms with Crippen LogP contribution in [0.1, 0.15) is 51.6 Å². The summed E-state index contributed by atoms with van der Waals surface area (Å²) in [6, 6.07) is 9.86. The van der Waals surface area contributed by atoms with Gasteiger partial charge in [-0.3, -0.25) is 4.90 Å². The van der Waals surface area contributed by atoms with Crippen molar-refractivity contribution in [1.29, 1.82) is 0 Å². The summed E-state index contributed by atoms with van der Waals surface area (Å²) in [7, 11) is 0. The minimum Gasteiger partial charge on any atom is -0.308 e. The maximum Gasteiger partial charge on any atom is 0.0318 e. The molecule has 0 spiro atoms. The minimum atomic E-state index is 0.460. The van der Waals surface area contributed by atoms with Gasteiger partial charge < -0.3 is 5.32 Å². The summed E-state index contributed by atoms with van der Waals surface area (Å²) in [6.45, 7) is 10.6. The van der Waals surface area contributed by atoms with E-state index in [1.54, 1.807) is 0 Å². The third kappa shape index (κ3) is 4.80. The molecular weight excluding hydrogens is 324 g/mol. The van der Waals surface area contributed by atoms with Crippen LogP contribution in [0.5, 0.6) is 0 Å². The zero-order chi connectivity index (χ0) is 15.2. The van der Waals surface area contributed by atoms with Crippen molar-refractivity contribution in [3.8, 4) is 0 Å². The van der Waals surface area contributed by atoms with Crippen molar-refractivity contribution in [2.24, 2.45) is 5.92 Å². The van der Waals surface area contributed by atoms with E-state index in [4.69, 9.17) is 0 Å². The van der Waals surface area contributed by atoms with E-state index in [2.05, 4.69) is 71.2 Å². The Balaban J connectivity index is 1.95. The molecule has 0 aliphatic carbocycles. The second-order valence-electron chi connectivity index (χ2n) is 6.48. The van der Waals surface area contributed by atoms with E-state index < -0.39 is 0 Å². The van der Waals surface area contributed by atoms with Gasteiger partial charge in [0.25, 0.3) is 0 Å². The van der Waals surface area contributed by atoms with E-state index in [1.165, 1.54) is 31.5 Å². The molecule has 2 nitrogen and oxygen atoms in total. The highest BCUT2D eigenvalue weighted by Gasteiger charge is 2.25. The standard InChI is InChI=1S/C18H29BrN2/c1-4-17(15-7-9-16(19)10-8-15)20-13-18(14(2)3)21-11-5-6-12-21/h7-10,14,17-18,20H,4-6,11-13H2,1-3H3. The van der Waals surface area contributed by atoms with Crippen molar-refractivity contribution in [3.63, 3.8) is 0 Å². The fraction of sp³-hybridized carbons (Fsp3) is 0.667. The van der Waals surface area contributed by atoms with E-state index in [0.717, 1.165) is 17.4 Å². The lowest BCUT2D eigenvalue weighted by molar-refractivity contribution is 0.181. The summed E-state index contributed by atoms with van der Waals surface area (Å²) >= 11 is 3.52. The van der Waals surface area contributed by atoms with E-state index in [0.29, 0.717) is 18.0 Å². The Hall–Kier alpha value is -0.380. The van der Waals surface area contributed by atoms with Gasteiger partial charge in [-0.2, -0.15) is 0 Å². The molecule has 1 saturated heterocycles. The van der Waals surface area contributed by atoms with E-state index in [-0.39, 0.29) is 0 Å². The normalized spacial score (nSPS) is 19.1. The van der Waals surface area contributed by atoms with Crippen LogP contribution in [0.15, 0.2) is 28.7 Å². The molecule has 1 aliphatic rings. The van der Waals surface area contributed by atoms with Gasteiger partial charge in [-0.05, 0) is 56.0 Å². The Bertz CT molecular complexity index is 410. The molecule has 0 aromatic heterocycles. The van der Waals surface area contributed by atoms with Gasteiger partial charge in [0.15, 0.2) is 0 Å². The Labute approximate surface area is 138 Å². The van der Waals surface area contributed by atoms with Crippen molar-refractivity contribution in [2.45, 2.75) is 52.1 Å². The lowest BCUT2D eigenvalue weighted by Gasteiger charge is -2.32. The van der Waals surface area contributed by atoms with Crippen LogP contribution >= 0.6 is 15.9 Å². The summed E-state index contributed by atoms with van der Waals surface area (Å²) in [4.78, 5) is 2.67. The maximum atomic E-state index is 3.81. The lowest BCUT2D eigenvalue weighted by atomic mass is 10.00. The SMILES string of the molecule is CCC(NCC(C(C)C)N1CCCC1)c1ccc(Br)cc1. The first kappa shape index (κ1) is 17.0. The van der Waals surface area contributed by atoms with Crippen LogP contribution in [0.4, 0.5) is 0 Å². The summed E-state index contributed by atoms with van der Waals surface area (Å²) in [5.74, 6) is 0.707. The number of halogens is 1. The summed E-state index contributed by atoms with van der Waals surface area (Å²) in [5.41, 5.74) is 1.39. The second kappa shape index (κ2) is 8.30. The van der Waals surface area contributed by atoms with Crippen molar-refractivity contribution in [1.82, 2.24) is 10.2 Å². The van der Waals surface area contributed by atoms with Crippen LogP contribution in [0.3, 0.4) is 0 Å². The highest BCUT2D eigenvalue weighted by Crippen LogP contribution is 2.22. The van der Waals surface area contributed by atoms with E-state index in [1.807, 2.05) is 0 Å². The summed E-state index contributed by atoms with van der Waals surface area (Å²) < 4.78 is 1.15. The van der Waals surface area contributed by atoms with Crippen molar-refractivity contribution < 1.29 is 0 Å². The highest BCUT2D eigenvalue weighted by atomic mass is 79.9. The second-order valence-corrected chi connectivity index (χ2v) is 7.39. The van der Waals surface area contributed by atoms with Gasteiger partial charge in [0.1, 0.15) is 0 Å². The molecule has 1 N–H and O–H groups in total. The van der Waals surface area contributed by atoms with Crippen LogP contribution in [0.2, 0.25) is 0 Å².